The minimum atomic E-state index is -0.205. The first kappa shape index (κ1) is 12.0. The van der Waals surface area contributed by atoms with Crippen LogP contribution in [-0.2, 0) is 13.0 Å². The number of halogens is 1. The van der Waals surface area contributed by atoms with Gasteiger partial charge in [0, 0.05) is 25.8 Å². The van der Waals surface area contributed by atoms with E-state index in [9.17, 15) is 4.39 Å². The molecule has 0 aromatic heterocycles. The zero-order valence-corrected chi connectivity index (χ0v) is 11.0. The third kappa shape index (κ3) is 2.41. The Balaban J connectivity index is 1.73. The Morgan fingerprint density at radius 2 is 2.05 bits per heavy atom. The molecular formula is C16H17FN2. The summed E-state index contributed by atoms with van der Waals surface area (Å²) < 4.78 is 13.5. The van der Waals surface area contributed by atoms with Gasteiger partial charge in [-0.2, -0.15) is 0 Å². The molecule has 3 heteroatoms. The van der Waals surface area contributed by atoms with Crippen molar-refractivity contribution in [1.82, 2.24) is 0 Å². The summed E-state index contributed by atoms with van der Waals surface area (Å²) in [6, 6.07) is 13.2. The lowest BCUT2D eigenvalue weighted by atomic mass is 10.1. The number of para-hydroxylation sites is 1. The summed E-state index contributed by atoms with van der Waals surface area (Å²) in [7, 11) is 2.11. The zero-order chi connectivity index (χ0) is 13.2. The second-order valence-corrected chi connectivity index (χ2v) is 4.97. The first-order chi connectivity index (χ1) is 9.24. The summed E-state index contributed by atoms with van der Waals surface area (Å²) in [6.45, 7) is 1.73. The zero-order valence-electron chi connectivity index (χ0n) is 11.0. The molecule has 0 fully saturated rings. The number of likely N-dealkylation sites (N-methyl/N-ethyl adjacent to an activating group) is 1. The molecule has 0 unspecified atom stereocenters. The van der Waals surface area contributed by atoms with Gasteiger partial charge in [0.1, 0.15) is 5.82 Å². The van der Waals surface area contributed by atoms with Gasteiger partial charge < -0.3 is 10.2 Å². The monoisotopic (exact) mass is 256 g/mol. The Morgan fingerprint density at radius 3 is 2.89 bits per heavy atom. The first-order valence-corrected chi connectivity index (χ1v) is 6.55. The van der Waals surface area contributed by atoms with Crippen molar-refractivity contribution in [2.45, 2.75) is 13.0 Å². The van der Waals surface area contributed by atoms with E-state index in [1.54, 1.807) is 12.1 Å². The van der Waals surface area contributed by atoms with E-state index in [-0.39, 0.29) is 5.82 Å². The van der Waals surface area contributed by atoms with Crippen LogP contribution < -0.4 is 10.2 Å². The van der Waals surface area contributed by atoms with Gasteiger partial charge >= 0.3 is 0 Å². The van der Waals surface area contributed by atoms with Crippen LogP contribution in [0, 0.1) is 5.82 Å². The number of nitrogens with zero attached hydrogens (tertiary/aromatic N) is 1. The highest BCUT2D eigenvalue weighted by Crippen LogP contribution is 2.27. The lowest BCUT2D eigenvalue weighted by Gasteiger charge is -2.13. The number of benzene rings is 2. The number of hydrogen-bond acceptors (Lipinski definition) is 2. The van der Waals surface area contributed by atoms with Gasteiger partial charge in [0.25, 0.3) is 0 Å². The molecular weight excluding hydrogens is 239 g/mol. The van der Waals surface area contributed by atoms with Gasteiger partial charge in [-0.05, 0) is 35.7 Å². The minimum absolute atomic E-state index is 0.205. The molecule has 0 bridgehead atoms. The Bertz CT molecular complexity index is 595. The average molecular weight is 256 g/mol. The molecule has 2 aromatic rings. The highest BCUT2D eigenvalue weighted by molar-refractivity contribution is 5.58. The van der Waals surface area contributed by atoms with Crippen molar-refractivity contribution in [3.05, 3.63) is 59.4 Å². The van der Waals surface area contributed by atoms with Gasteiger partial charge in [0.2, 0.25) is 0 Å². The maximum Gasteiger partial charge on any atom is 0.146 e. The summed E-state index contributed by atoms with van der Waals surface area (Å²) in [4.78, 5) is 2.27. The smallest absolute Gasteiger partial charge is 0.146 e. The van der Waals surface area contributed by atoms with Crippen LogP contribution in [-0.4, -0.2) is 13.6 Å². The predicted molar refractivity (Wildman–Crippen MR) is 77.1 cm³/mol. The predicted octanol–water partition coefficient (Wildman–Crippen LogP) is 3.43. The molecule has 1 heterocycles. The van der Waals surface area contributed by atoms with Gasteiger partial charge in [0.05, 0.1) is 5.69 Å². The fraction of sp³-hybridized carbons (Fsp3) is 0.250. The van der Waals surface area contributed by atoms with Crippen molar-refractivity contribution in [3.8, 4) is 0 Å². The maximum atomic E-state index is 13.5. The third-order valence-corrected chi connectivity index (χ3v) is 3.63. The van der Waals surface area contributed by atoms with Crippen molar-refractivity contribution < 1.29 is 4.39 Å². The fourth-order valence-electron chi connectivity index (χ4n) is 2.53. The van der Waals surface area contributed by atoms with E-state index in [1.165, 1.54) is 22.9 Å². The summed E-state index contributed by atoms with van der Waals surface area (Å²) in [5, 5.41) is 3.14. The molecule has 3 rings (SSSR count). The molecule has 0 amide bonds. The normalized spacial score (nSPS) is 13.5. The van der Waals surface area contributed by atoms with Crippen LogP contribution >= 0.6 is 0 Å². The standard InChI is InChI=1S/C16H17FN2/c1-19-9-8-13-10-12(6-7-16(13)19)11-18-15-5-3-2-4-14(15)17/h2-7,10,18H,8-9,11H2,1H3. The van der Waals surface area contributed by atoms with E-state index >= 15 is 0 Å². The molecule has 1 aliphatic heterocycles. The summed E-state index contributed by atoms with van der Waals surface area (Å²) in [6.07, 6.45) is 1.10. The highest BCUT2D eigenvalue weighted by Gasteiger charge is 2.15. The van der Waals surface area contributed by atoms with Crippen molar-refractivity contribution in [2.24, 2.45) is 0 Å². The lowest BCUT2D eigenvalue weighted by molar-refractivity contribution is 0.630. The van der Waals surface area contributed by atoms with Gasteiger partial charge in [-0.15, -0.1) is 0 Å². The fourth-order valence-corrected chi connectivity index (χ4v) is 2.53. The van der Waals surface area contributed by atoms with Gasteiger partial charge in [0.15, 0.2) is 0 Å². The Hall–Kier alpha value is -2.03. The number of anilines is 2. The van der Waals surface area contributed by atoms with Crippen LogP contribution in [0.2, 0.25) is 0 Å². The van der Waals surface area contributed by atoms with Crippen molar-refractivity contribution in [3.63, 3.8) is 0 Å². The van der Waals surface area contributed by atoms with E-state index < -0.39 is 0 Å². The Labute approximate surface area is 112 Å². The van der Waals surface area contributed by atoms with Crippen LogP contribution in [0.1, 0.15) is 11.1 Å². The van der Waals surface area contributed by atoms with Crippen LogP contribution in [0.25, 0.3) is 0 Å². The number of fused-ring (bicyclic) bond motifs is 1. The number of hydrogen-bond donors (Lipinski definition) is 1. The Kier molecular flexibility index (Phi) is 3.11. The topological polar surface area (TPSA) is 15.3 Å². The molecule has 1 aliphatic rings. The largest absolute Gasteiger partial charge is 0.379 e. The van der Waals surface area contributed by atoms with Crippen molar-refractivity contribution in [1.29, 1.82) is 0 Å². The first-order valence-electron chi connectivity index (χ1n) is 6.55. The van der Waals surface area contributed by atoms with E-state index in [0.29, 0.717) is 12.2 Å². The molecule has 1 N–H and O–H groups in total. The maximum absolute atomic E-state index is 13.5. The summed E-state index contributed by atoms with van der Waals surface area (Å²) >= 11 is 0. The van der Waals surface area contributed by atoms with Crippen molar-refractivity contribution in [2.75, 3.05) is 23.8 Å². The molecule has 0 saturated heterocycles. The highest BCUT2D eigenvalue weighted by atomic mass is 19.1. The third-order valence-electron chi connectivity index (χ3n) is 3.63. The van der Waals surface area contributed by atoms with Gasteiger partial charge in [-0.3, -0.25) is 0 Å². The van der Waals surface area contributed by atoms with Crippen LogP contribution in [0.4, 0.5) is 15.8 Å². The SMILES string of the molecule is CN1CCc2cc(CNc3ccccc3F)ccc21. The van der Waals surface area contributed by atoms with Gasteiger partial charge in [-0.1, -0.05) is 24.3 Å². The van der Waals surface area contributed by atoms with E-state index in [2.05, 4.69) is 35.5 Å². The second kappa shape index (κ2) is 4.92. The summed E-state index contributed by atoms with van der Waals surface area (Å²) in [5.41, 5.74) is 4.45. The van der Waals surface area contributed by atoms with Crippen molar-refractivity contribution >= 4 is 11.4 Å². The minimum Gasteiger partial charge on any atom is -0.379 e. The van der Waals surface area contributed by atoms with Crippen LogP contribution in [0.15, 0.2) is 42.5 Å². The number of rotatable bonds is 3. The molecule has 0 aliphatic carbocycles. The van der Waals surface area contributed by atoms with Crippen LogP contribution in [0.3, 0.4) is 0 Å². The second-order valence-electron chi connectivity index (χ2n) is 4.97. The quantitative estimate of drug-likeness (QED) is 0.905. The lowest BCUT2D eigenvalue weighted by Crippen LogP contribution is -2.12. The van der Waals surface area contributed by atoms with E-state index in [4.69, 9.17) is 0 Å². The number of nitrogens with one attached hydrogen (secondary N) is 1. The van der Waals surface area contributed by atoms with E-state index in [1.807, 2.05) is 6.07 Å². The molecule has 0 radical (unpaired) electrons. The molecule has 0 atom stereocenters. The average Bonchev–Trinajstić information content (AvgIpc) is 2.79. The van der Waals surface area contributed by atoms with Crippen LogP contribution in [0.5, 0.6) is 0 Å². The molecule has 19 heavy (non-hydrogen) atoms. The molecule has 2 nitrogen and oxygen atoms in total. The molecule has 2 aromatic carbocycles. The molecule has 0 saturated carbocycles. The molecule has 0 spiro atoms. The van der Waals surface area contributed by atoms with Gasteiger partial charge in [-0.25, -0.2) is 4.39 Å². The Morgan fingerprint density at radius 1 is 1.21 bits per heavy atom. The van der Waals surface area contributed by atoms with E-state index in [0.717, 1.165) is 13.0 Å². The summed E-state index contributed by atoms with van der Waals surface area (Å²) in [5.74, 6) is -0.205. The molecule has 98 valence electrons.